The lowest BCUT2D eigenvalue weighted by molar-refractivity contribution is -0.342. The smallest absolute Gasteiger partial charge is 0.338 e. The van der Waals surface area contributed by atoms with Crippen LogP contribution in [0.1, 0.15) is 99.2 Å². The topological polar surface area (TPSA) is 63.2 Å². The van der Waals surface area contributed by atoms with Crippen LogP contribution in [0.15, 0.2) is 48.5 Å². The average Bonchev–Trinajstić information content (AvgIpc) is 3.51. The van der Waals surface area contributed by atoms with Crippen LogP contribution in [-0.2, 0) is 43.4 Å². The summed E-state index contributed by atoms with van der Waals surface area (Å²) in [6.07, 6.45) is 11.6. The molecule has 4 atom stereocenters. The third-order valence-electron chi connectivity index (χ3n) is 10.7. The van der Waals surface area contributed by atoms with E-state index in [1.807, 2.05) is 19.1 Å². The van der Waals surface area contributed by atoms with Crippen molar-refractivity contribution in [2.45, 2.75) is 115 Å². The summed E-state index contributed by atoms with van der Waals surface area (Å²) in [5, 5.41) is 0. The Balaban J connectivity index is 0.941. The Kier molecular flexibility index (Phi) is 9.88. The van der Waals surface area contributed by atoms with Crippen molar-refractivity contribution in [1.82, 2.24) is 0 Å². The average molecular weight is 591 g/mol. The molecule has 0 aromatic heterocycles. The van der Waals surface area contributed by atoms with E-state index in [2.05, 4.69) is 50.2 Å². The van der Waals surface area contributed by atoms with Gasteiger partial charge in [0, 0.05) is 0 Å². The monoisotopic (exact) mass is 590 g/mol. The predicted octanol–water partition coefficient (Wildman–Crippen LogP) is 7.65. The molecule has 2 saturated carbocycles. The van der Waals surface area contributed by atoms with Crippen molar-refractivity contribution in [3.05, 3.63) is 70.8 Å². The number of carbonyl (C=O) groups excluding carboxylic acids is 1. The van der Waals surface area contributed by atoms with Gasteiger partial charge < -0.3 is 14.2 Å². The number of ether oxygens (including phenoxy) is 3. The standard InChI is InChI=1S/C37H50O6/c1-25-4-8-27(9-5-25)20-29-12-14-31(15-13-29)22-41-43-33-23-40-37(3)34(24-39-35(33)37)42-36(38)32-18-16-30(17-19-32)21-28-10-6-26(2)7-11-28/h12-19,25-28,33-35H,4-11,20-24H2,1-3H3/t25?,26?,27?,28?,33-,34?,35+,37?/m0/s1. The number of hydrogen-bond donors (Lipinski definition) is 0. The summed E-state index contributed by atoms with van der Waals surface area (Å²) in [6, 6.07) is 16.6. The van der Waals surface area contributed by atoms with E-state index in [1.165, 1.54) is 62.5 Å². The van der Waals surface area contributed by atoms with E-state index in [4.69, 9.17) is 24.0 Å². The van der Waals surface area contributed by atoms with Crippen LogP contribution in [0.5, 0.6) is 0 Å². The van der Waals surface area contributed by atoms with E-state index in [9.17, 15) is 4.79 Å². The van der Waals surface area contributed by atoms with Gasteiger partial charge in [0.25, 0.3) is 0 Å². The van der Waals surface area contributed by atoms with Gasteiger partial charge in [-0.3, -0.25) is 0 Å². The molecule has 0 bridgehead atoms. The van der Waals surface area contributed by atoms with Crippen LogP contribution >= 0.6 is 0 Å². The highest BCUT2D eigenvalue weighted by molar-refractivity contribution is 5.89. The van der Waals surface area contributed by atoms with Gasteiger partial charge in [0.05, 0.1) is 18.8 Å². The highest BCUT2D eigenvalue weighted by Gasteiger charge is 2.60. The van der Waals surface area contributed by atoms with Gasteiger partial charge >= 0.3 is 5.97 Å². The summed E-state index contributed by atoms with van der Waals surface area (Å²) in [7, 11) is 0. The van der Waals surface area contributed by atoms with E-state index in [0.29, 0.717) is 18.8 Å². The van der Waals surface area contributed by atoms with Crippen molar-refractivity contribution in [2.24, 2.45) is 23.7 Å². The highest BCUT2D eigenvalue weighted by atomic mass is 17.2. The van der Waals surface area contributed by atoms with Gasteiger partial charge in [-0.1, -0.05) is 75.9 Å². The quantitative estimate of drug-likeness (QED) is 0.161. The zero-order valence-corrected chi connectivity index (χ0v) is 26.3. The largest absolute Gasteiger partial charge is 0.453 e. The number of carbonyl (C=O) groups is 1. The minimum absolute atomic E-state index is 0.270. The molecule has 2 aliphatic carbocycles. The molecule has 6 nitrogen and oxygen atoms in total. The minimum Gasteiger partial charge on any atom is -0.453 e. The van der Waals surface area contributed by atoms with Crippen LogP contribution in [-0.4, -0.2) is 43.1 Å². The molecule has 0 spiro atoms. The van der Waals surface area contributed by atoms with Crippen LogP contribution in [0.3, 0.4) is 0 Å². The van der Waals surface area contributed by atoms with Crippen LogP contribution in [0.25, 0.3) is 0 Å². The summed E-state index contributed by atoms with van der Waals surface area (Å²) in [4.78, 5) is 24.5. The molecule has 0 radical (unpaired) electrons. The number of esters is 1. The molecular formula is C37H50O6. The van der Waals surface area contributed by atoms with Gasteiger partial charge in [0.1, 0.15) is 24.4 Å². The molecule has 2 aromatic carbocycles. The van der Waals surface area contributed by atoms with E-state index in [-0.39, 0.29) is 24.8 Å². The lowest BCUT2D eigenvalue weighted by Crippen LogP contribution is -2.46. The fourth-order valence-corrected chi connectivity index (χ4v) is 7.60. The Hall–Kier alpha value is -2.25. The lowest BCUT2D eigenvalue weighted by atomic mass is 9.80. The molecule has 6 rings (SSSR count). The Morgan fingerprint density at radius 3 is 1.88 bits per heavy atom. The van der Waals surface area contributed by atoms with Crippen molar-refractivity contribution in [2.75, 3.05) is 13.2 Å². The summed E-state index contributed by atoms with van der Waals surface area (Å²) < 4.78 is 18.1. The molecular weight excluding hydrogens is 540 g/mol. The van der Waals surface area contributed by atoms with Crippen LogP contribution in [0.4, 0.5) is 0 Å². The van der Waals surface area contributed by atoms with Gasteiger partial charge in [-0.25, -0.2) is 14.6 Å². The number of benzene rings is 2. The molecule has 0 N–H and O–H groups in total. The SMILES string of the molecule is CC1CCC(Cc2ccc(COO[C@H]3COC4(C)C(OC(=O)c5ccc(CC6CCC(C)CC6)cc5)CO[C@H]34)cc2)CC1. The van der Waals surface area contributed by atoms with Crippen LogP contribution < -0.4 is 0 Å². The molecule has 2 aliphatic heterocycles. The number of rotatable bonds is 10. The molecule has 0 amide bonds. The molecule has 2 aromatic rings. The molecule has 2 saturated heterocycles. The first-order valence-electron chi connectivity index (χ1n) is 16.8. The molecule has 4 aliphatic rings. The molecule has 4 fully saturated rings. The van der Waals surface area contributed by atoms with E-state index in [0.717, 1.165) is 42.1 Å². The first kappa shape index (κ1) is 30.8. The number of hydrogen-bond acceptors (Lipinski definition) is 6. The van der Waals surface area contributed by atoms with Gasteiger partial charge in [0.2, 0.25) is 0 Å². The van der Waals surface area contributed by atoms with E-state index >= 15 is 0 Å². The fourth-order valence-electron chi connectivity index (χ4n) is 7.60. The maximum Gasteiger partial charge on any atom is 0.338 e. The van der Waals surface area contributed by atoms with Gasteiger partial charge in [-0.05, 0) is 97.9 Å². The zero-order valence-electron chi connectivity index (χ0n) is 26.3. The van der Waals surface area contributed by atoms with Crippen LogP contribution in [0, 0.1) is 23.7 Å². The van der Waals surface area contributed by atoms with E-state index in [1.54, 1.807) is 0 Å². The first-order chi connectivity index (χ1) is 20.9. The normalized spacial score (nSPS) is 34.2. The molecule has 2 heterocycles. The third-order valence-corrected chi connectivity index (χ3v) is 10.7. The van der Waals surface area contributed by atoms with Gasteiger partial charge in [0.15, 0.2) is 6.10 Å². The maximum atomic E-state index is 13.0. The molecule has 2 unspecified atom stereocenters. The molecule has 234 valence electrons. The second kappa shape index (κ2) is 13.8. The maximum absolute atomic E-state index is 13.0. The second-order valence-electron chi connectivity index (χ2n) is 14.2. The summed E-state index contributed by atoms with van der Waals surface area (Å²) in [5.74, 6) is 2.96. The number of fused-ring (bicyclic) bond motifs is 1. The Morgan fingerprint density at radius 2 is 1.30 bits per heavy atom. The molecule has 43 heavy (non-hydrogen) atoms. The first-order valence-corrected chi connectivity index (χ1v) is 16.8. The Morgan fingerprint density at radius 1 is 0.767 bits per heavy atom. The summed E-state index contributed by atoms with van der Waals surface area (Å²) >= 11 is 0. The predicted molar refractivity (Wildman–Crippen MR) is 165 cm³/mol. The van der Waals surface area contributed by atoms with Crippen molar-refractivity contribution in [3.8, 4) is 0 Å². The van der Waals surface area contributed by atoms with Crippen LogP contribution in [0.2, 0.25) is 0 Å². The summed E-state index contributed by atoms with van der Waals surface area (Å²) in [5.41, 5.74) is 3.54. The zero-order chi connectivity index (χ0) is 29.8. The highest BCUT2D eigenvalue weighted by Crippen LogP contribution is 2.40. The second-order valence-corrected chi connectivity index (χ2v) is 14.2. The summed E-state index contributed by atoms with van der Waals surface area (Å²) in [6.45, 7) is 7.61. The van der Waals surface area contributed by atoms with E-state index < -0.39 is 11.7 Å². The van der Waals surface area contributed by atoms with Gasteiger partial charge in [-0.15, -0.1) is 0 Å². The third kappa shape index (κ3) is 7.53. The molecule has 6 heteroatoms. The van der Waals surface area contributed by atoms with Crippen molar-refractivity contribution in [3.63, 3.8) is 0 Å². The van der Waals surface area contributed by atoms with Crippen molar-refractivity contribution in [1.29, 1.82) is 0 Å². The van der Waals surface area contributed by atoms with Crippen molar-refractivity contribution >= 4 is 5.97 Å². The Labute approximate surface area is 257 Å². The fraction of sp³-hybridized carbons (Fsp3) is 0.649. The van der Waals surface area contributed by atoms with Crippen molar-refractivity contribution < 1.29 is 28.8 Å². The lowest BCUT2D eigenvalue weighted by Gasteiger charge is -2.28. The minimum atomic E-state index is -0.777. The van der Waals surface area contributed by atoms with Gasteiger partial charge in [-0.2, -0.15) is 0 Å². The Bertz CT molecular complexity index is 1180.